The first-order valence-corrected chi connectivity index (χ1v) is 9.43. The molecule has 0 atom stereocenters. The maximum atomic E-state index is 6.52. The van der Waals surface area contributed by atoms with Gasteiger partial charge in [0.25, 0.3) is 0 Å². The zero-order chi connectivity index (χ0) is 18.4. The smallest absolute Gasteiger partial charge is 0.0501 e. The van der Waals surface area contributed by atoms with Gasteiger partial charge in [-0.2, -0.15) is 0 Å². The summed E-state index contributed by atoms with van der Waals surface area (Å²) >= 11 is 6.52. The zero-order valence-corrected chi connectivity index (χ0v) is 15.7. The molecule has 0 aliphatic carbocycles. The molecule has 1 aromatic heterocycles. The third kappa shape index (κ3) is 2.55. The summed E-state index contributed by atoms with van der Waals surface area (Å²) < 4.78 is 2.28. The fourth-order valence-corrected chi connectivity index (χ4v) is 4.22. The molecule has 0 saturated heterocycles. The summed E-state index contributed by atoms with van der Waals surface area (Å²) in [6.45, 7) is 0. The highest BCUT2D eigenvalue weighted by molar-refractivity contribution is 6.33. The van der Waals surface area contributed by atoms with Gasteiger partial charge in [0.1, 0.15) is 0 Å². The number of nitrogens with zero attached hydrogens (tertiary/aromatic N) is 1. The quantitative estimate of drug-likeness (QED) is 0.308. The average molecular weight is 368 g/mol. The monoisotopic (exact) mass is 367 g/mol. The second-order valence-corrected chi connectivity index (χ2v) is 7.25. The number of halogens is 1. The van der Waals surface area contributed by atoms with Crippen LogP contribution in [0.25, 0.3) is 44.1 Å². The molecule has 130 valence electrons. The third-order valence-electron chi connectivity index (χ3n) is 5.28. The zero-order valence-electron chi connectivity index (χ0n) is 15.0. The van der Waals surface area contributed by atoms with Crippen LogP contribution in [0.3, 0.4) is 0 Å². The Morgan fingerprint density at radius 2 is 1.33 bits per heavy atom. The van der Waals surface area contributed by atoms with Crippen molar-refractivity contribution in [2.45, 2.75) is 0 Å². The first-order valence-electron chi connectivity index (χ1n) is 9.05. The van der Waals surface area contributed by atoms with Gasteiger partial charge in [-0.3, -0.25) is 0 Å². The topological polar surface area (TPSA) is 4.93 Å². The SMILES string of the molecule is Cn1c2ccccc2c2c(-c3ccccc3)cc(-c3ccccc3Cl)cc21. The van der Waals surface area contributed by atoms with Gasteiger partial charge in [0.05, 0.1) is 5.52 Å². The highest BCUT2D eigenvalue weighted by Gasteiger charge is 2.16. The molecule has 4 aromatic carbocycles. The highest BCUT2D eigenvalue weighted by Crippen LogP contribution is 2.40. The van der Waals surface area contributed by atoms with Crippen LogP contribution < -0.4 is 0 Å². The molecule has 0 unspecified atom stereocenters. The van der Waals surface area contributed by atoms with E-state index in [1.54, 1.807) is 0 Å². The normalized spacial score (nSPS) is 11.3. The Kier molecular flexibility index (Phi) is 3.77. The molecule has 2 heteroatoms. The van der Waals surface area contributed by atoms with Gasteiger partial charge in [-0.25, -0.2) is 0 Å². The second kappa shape index (κ2) is 6.29. The maximum absolute atomic E-state index is 6.52. The molecular formula is C25H18ClN. The van der Waals surface area contributed by atoms with Crippen LogP contribution in [0, 0.1) is 0 Å². The molecule has 0 spiro atoms. The minimum atomic E-state index is 0.773. The molecular weight excluding hydrogens is 350 g/mol. The van der Waals surface area contributed by atoms with Crippen LogP contribution in [0.5, 0.6) is 0 Å². The van der Waals surface area contributed by atoms with Gasteiger partial charge in [0.2, 0.25) is 0 Å². The summed E-state index contributed by atoms with van der Waals surface area (Å²) in [4.78, 5) is 0. The molecule has 0 bridgehead atoms. The molecule has 5 aromatic rings. The first kappa shape index (κ1) is 16.2. The van der Waals surface area contributed by atoms with Crippen molar-refractivity contribution in [3.8, 4) is 22.3 Å². The summed E-state index contributed by atoms with van der Waals surface area (Å²) in [5, 5.41) is 3.34. The largest absolute Gasteiger partial charge is 0.344 e. The summed E-state index contributed by atoms with van der Waals surface area (Å²) in [7, 11) is 2.13. The lowest BCUT2D eigenvalue weighted by atomic mass is 9.94. The van der Waals surface area contributed by atoms with E-state index in [4.69, 9.17) is 11.6 Å². The van der Waals surface area contributed by atoms with E-state index in [1.165, 1.54) is 32.9 Å². The van der Waals surface area contributed by atoms with Crippen molar-refractivity contribution in [3.63, 3.8) is 0 Å². The van der Waals surface area contributed by atoms with Crippen molar-refractivity contribution in [1.29, 1.82) is 0 Å². The number of aryl methyl sites for hydroxylation is 1. The van der Waals surface area contributed by atoms with Crippen molar-refractivity contribution in [2.75, 3.05) is 0 Å². The molecule has 1 nitrogen and oxygen atoms in total. The number of para-hydroxylation sites is 1. The van der Waals surface area contributed by atoms with E-state index in [-0.39, 0.29) is 0 Å². The van der Waals surface area contributed by atoms with Gasteiger partial charge < -0.3 is 4.57 Å². The Balaban J connectivity index is 1.95. The molecule has 27 heavy (non-hydrogen) atoms. The van der Waals surface area contributed by atoms with Gasteiger partial charge in [-0.05, 0) is 41.0 Å². The summed E-state index contributed by atoms with van der Waals surface area (Å²) in [5.74, 6) is 0. The Bertz CT molecular complexity index is 1280. The molecule has 0 N–H and O–H groups in total. The van der Waals surface area contributed by atoms with E-state index in [9.17, 15) is 0 Å². The number of benzene rings is 4. The average Bonchev–Trinajstić information content (AvgIpc) is 3.01. The molecule has 0 saturated carbocycles. The minimum Gasteiger partial charge on any atom is -0.344 e. The van der Waals surface area contributed by atoms with Crippen LogP contribution in [0.2, 0.25) is 5.02 Å². The van der Waals surface area contributed by atoms with E-state index < -0.39 is 0 Å². The van der Waals surface area contributed by atoms with E-state index in [0.29, 0.717) is 0 Å². The van der Waals surface area contributed by atoms with E-state index in [2.05, 4.69) is 84.4 Å². The van der Waals surface area contributed by atoms with Crippen molar-refractivity contribution >= 4 is 33.4 Å². The highest BCUT2D eigenvalue weighted by atomic mass is 35.5. The van der Waals surface area contributed by atoms with Crippen molar-refractivity contribution in [2.24, 2.45) is 7.05 Å². The van der Waals surface area contributed by atoms with Crippen LogP contribution in [0.4, 0.5) is 0 Å². The lowest BCUT2D eigenvalue weighted by Gasteiger charge is -2.11. The van der Waals surface area contributed by atoms with Gasteiger partial charge >= 0.3 is 0 Å². The molecule has 0 radical (unpaired) electrons. The van der Waals surface area contributed by atoms with Crippen molar-refractivity contribution in [3.05, 3.63) is 96.0 Å². The molecule has 5 rings (SSSR count). The number of fused-ring (bicyclic) bond motifs is 3. The fraction of sp³-hybridized carbons (Fsp3) is 0.0400. The number of hydrogen-bond acceptors (Lipinski definition) is 0. The van der Waals surface area contributed by atoms with Gasteiger partial charge in [-0.15, -0.1) is 0 Å². The molecule has 0 aliphatic heterocycles. The van der Waals surface area contributed by atoms with Crippen LogP contribution in [0.15, 0.2) is 91.0 Å². The first-order chi connectivity index (χ1) is 13.2. The Hall–Kier alpha value is -3.03. The van der Waals surface area contributed by atoms with Crippen LogP contribution >= 0.6 is 11.6 Å². The van der Waals surface area contributed by atoms with E-state index >= 15 is 0 Å². The molecule has 0 fully saturated rings. The van der Waals surface area contributed by atoms with Gasteiger partial charge in [0.15, 0.2) is 0 Å². The summed E-state index contributed by atoms with van der Waals surface area (Å²) in [6.07, 6.45) is 0. The van der Waals surface area contributed by atoms with Gasteiger partial charge in [0, 0.05) is 33.9 Å². The van der Waals surface area contributed by atoms with Crippen molar-refractivity contribution in [1.82, 2.24) is 4.57 Å². The van der Waals surface area contributed by atoms with E-state index in [0.717, 1.165) is 16.1 Å². The predicted molar refractivity (Wildman–Crippen MR) is 116 cm³/mol. The van der Waals surface area contributed by atoms with Crippen LogP contribution in [-0.4, -0.2) is 4.57 Å². The predicted octanol–water partition coefficient (Wildman–Crippen LogP) is 7.32. The summed E-state index contributed by atoms with van der Waals surface area (Å²) in [5.41, 5.74) is 7.10. The second-order valence-electron chi connectivity index (χ2n) is 6.84. The van der Waals surface area contributed by atoms with Gasteiger partial charge in [-0.1, -0.05) is 78.3 Å². The van der Waals surface area contributed by atoms with Crippen LogP contribution in [-0.2, 0) is 7.05 Å². The fourth-order valence-electron chi connectivity index (χ4n) is 3.98. The maximum Gasteiger partial charge on any atom is 0.0501 e. The van der Waals surface area contributed by atoms with Crippen molar-refractivity contribution < 1.29 is 0 Å². The van der Waals surface area contributed by atoms with E-state index in [1.807, 2.05) is 18.2 Å². The van der Waals surface area contributed by atoms with Crippen LogP contribution in [0.1, 0.15) is 0 Å². The summed E-state index contributed by atoms with van der Waals surface area (Å²) in [6, 6.07) is 31.7. The Morgan fingerprint density at radius 1 is 0.630 bits per heavy atom. The Labute approximate surface area is 163 Å². The molecule has 0 amide bonds. The standard InChI is InChI=1S/C25H18ClN/c1-27-23-14-8-6-12-20(23)25-21(17-9-3-2-4-10-17)15-18(16-24(25)27)19-11-5-7-13-22(19)26/h2-16H,1H3. The Morgan fingerprint density at radius 3 is 2.15 bits per heavy atom. The lowest BCUT2D eigenvalue weighted by Crippen LogP contribution is -1.89. The number of hydrogen-bond donors (Lipinski definition) is 0. The number of aromatic nitrogens is 1. The molecule has 0 aliphatic rings. The third-order valence-corrected chi connectivity index (χ3v) is 5.61. The number of rotatable bonds is 2. The molecule has 1 heterocycles. The minimum absolute atomic E-state index is 0.773. The lowest BCUT2D eigenvalue weighted by molar-refractivity contribution is 1.01.